The first-order valence-corrected chi connectivity index (χ1v) is 7.55. The molecule has 3 rings (SSSR count). The fraction of sp³-hybridized carbons (Fsp3) is 0.176. The number of ketones is 1. The second-order valence-corrected chi connectivity index (χ2v) is 6.01. The van der Waals surface area contributed by atoms with Crippen LogP contribution in [0.2, 0.25) is 0 Å². The second kappa shape index (κ2) is 5.45. The van der Waals surface area contributed by atoms with Crippen LogP contribution in [0.1, 0.15) is 21.7 Å². The minimum Gasteiger partial charge on any atom is -0.331 e. The molecule has 0 bridgehead atoms. The summed E-state index contributed by atoms with van der Waals surface area (Å²) in [6.07, 6.45) is 0.298. The van der Waals surface area contributed by atoms with Crippen LogP contribution in [-0.4, -0.2) is 15.3 Å². The van der Waals surface area contributed by atoms with Crippen LogP contribution in [0.25, 0.3) is 11.0 Å². The van der Waals surface area contributed by atoms with Crippen LogP contribution >= 0.6 is 15.9 Å². The van der Waals surface area contributed by atoms with Crippen LogP contribution in [0.4, 0.5) is 0 Å². The van der Waals surface area contributed by atoms with Crippen molar-refractivity contribution in [1.29, 1.82) is 0 Å². The first-order chi connectivity index (χ1) is 10.1. The third-order valence-electron chi connectivity index (χ3n) is 3.62. The smallest absolute Gasteiger partial charge is 0.171 e. The van der Waals surface area contributed by atoms with Crippen molar-refractivity contribution in [3.05, 3.63) is 63.9 Å². The van der Waals surface area contributed by atoms with E-state index in [0.717, 1.165) is 26.9 Å². The van der Waals surface area contributed by atoms with E-state index in [2.05, 4.69) is 20.9 Å². The summed E-state index contributed by atoms with van der Waals surface area (Å²) in [6.45, 7) is 2.00. The Bertz CT molecular complexity index is 836. The Morgan fingerprint density at radius 2 is 2.00 bits per heavy atom. The number of benzene rings is 2. The molecule has 0 fully saturated rings. The van der Waals surface area contributed by atoms with E-state index in [9.17, 15) is 4.79 Å². The topological polar surface area (TPSA) is 34.9 Å². The molecular weight excluding hydrogens is 328 g/mol. The summed E-state index contributed by atoms with van der Waals surface area (Å²) in [5.41, 5.74) is 3.79. The summed E-state index contributed by atoms with van der Waals surface area (Å²) in [5, 5.41) is 0. The SMILES string of the molecule is Cc1ccc(C(=O)Cc2nc3ccccc3n2C)c(Br)c1. The van der Waals surface area contributed by atoms with Gasteiger partial charge in [-0.05, 0) is 36.8 Å². The summed E-state index contributed by atoms with van der Waals surface area (Å²) in [6, 6.07) is 13.7. The van der Waals surface area contributed by atoms with Gasteiger partial charge in [0.15, 0.2) is 5.78 Å². The normalized spacial score (nSPS) is 11.0. The van der Waals surface area contributed by atoms with E-state index >= 15 is 0 Å². The van der Waals surface area contributed by atoms with Gasteiger partial charge in [0.1, 0.15) is 5.82 Å². The van der Waals surface area contributed by atoms with Gasteiger partial charge in [0.05, 0.1) is 17.5 Å². The van der Waals surface area contributed by atoms with Crippen molar-refractivity contribution >= 4 is 32.7 Å². The Kier molecular flexibility index (Phi) is 3.64. The number of hydrogen-bond donors (Lipinski definition) is 0. The minimum absolute atomic E-state index is 0.0697. The molecule has 0 aliphatic heterocycles. The third-order valence-corrected chi connectivity index (χ3v) is 4.28. The van der Waals surface area contributed by atoms with Gasteiger partial charge in [0, 0.05) is 17.1 Å². The molecule has 3 aromatic rings. The van der Waals surface area contributed by atoms with Gasteiger partial charge in [-0.3, -0.25) is 4.79 Å². The van der Waals surface area contributed by atoms with Crippen molar-refractivity contribution in [1.82, 2.24) is 9.55 Å². The Hall–Kier alpha value is -1.94. The second-order valence-electron chi connectivity index (χ2n) is 5.16. The Labute approximate surface area is 131 Å². The predicted molar refractivity (Wildman–Crippen MR) is 87.6 cm³/mol. The largest absolute Gasteiger partial charge is 0.331 e. The van der Waals surface area contributed by atoms with E-state index in [1.165, 1.54) is 0 Å². The summed E-state index contributed by atoms with van der Waals surface area (Å²) >= 11 is 3.47. The molecule has 1 heterocycles. The van der Waals surface area contributed by atoms with E-state index in [-0.39, 0.29) is 5.78 Å². The summed E-state index contributed by atoms with van der Waals surface area (Å²) < 4.78 is 2.82. The van der Waals surface area contributed by atoms with Crippen molar-refractivity contribution in [3.8, 4) is 0 Å². The number of aromatic nitrogens is 2. The number of imidazole rings is 1. The Morgan fingerprint density at radius 1 is 1.24 bits per heavy atom. The van der Waals surface area contributed by atoms with E-state index < -0.39 is 0 Å². The maximum Gasteiger partial charge on any atom is 0.171 e. The van der Waals surface area contributed by atoms with E-state index in [4.69, 9.17) is 0 Å². The quantitative estimate of drug-likeness (QED) is 0.672. The van der Waals surface area contributed by atoms with Crippen molar-refractivity contribution in [3.63, 3.8) is 0 Å². The van der Waals surface area contributed by atoms with Gasteiger partial charge in [0.2, 0.25) is 0 Å². The molecule has 2 aromatic carbocycles. The molecule has 0 aliphatic rings. The van der Waals surface area contributed by atoms with Gasteiger partial charge in [-0.15, -0.1) is 0 Å². The summed E-state index contributed by atoms with van der Waals surface area (Å²) in [4.78, 5) is 17.0. The highest BCUT2D eigenvalue weighted by atomic mass is 79.9. The van der Waals surface area contributed by atoms with Gasteiger partial charge in [-0.1, -0.05) is 34.1 Å². The molecule has 0 N–H and O–H groups in total. The fourth-order valence-electron chi connectivity index (χ4n) is 2.44. The molecule has 0 radical (unpaired) electrons. The van der Waals surface area contributed by atoms with E-state index in [1.54, 1.807) is 0 Å². The molecule has 3 nitrogen and oxygen atoms in total. The average molecular weight is 343 g/mol. The lowest BCUT2D eigenvalue weighted by atomic mass is 10.1. The maximum absolute atomic E-state index is 12.5. The predicted octanol–water partition coefficient (Wildman–Crippen LogP) is 4.07. The molecule has 106 valence electrons. The van der Waals surface area contributed by atoms with Gasteiger partial charge in [-0.2, -0.15) is 0 Å². The van der Waals surface area contributed by atoms with Crippen LogP contribution in [0.3, 0.4) is 0 Å². The van der Waals surface area contributed by atoms with Crippen molar-refractivity contribution in [2.45, 2.75) is 13.3 Å². The molecule has 0 aliphatic carbocycles. The number of nitrogens with zero attached hydrogens (tertiary/aromatic N) is 2. The number of fused-ring (bicyclic) bond motifs is 1. The van der Waals surface area contributed by atoms with Crippen LogP contribution < -0.4 is 0 Å². The van der Waals surface area contributed by atoms with Gasteiger partial charge in [-0.25, -0.2) is 4.98 Å². The third kappa shape index (κ3) is 2.63. The number of rotatable bonds is 3. The zero-order valence-electron chi connectivity index (χ0n) is 11.9. The molecule has 0 amide bonds. The zero-order valence-corrected chi connectivity index (χ0v) is 13.5. The lowest BCUT2D eigenvalue weighted by molar-refractivity contribution is 0.0989. The number of carbonyl (C=O) groups is 1. The molecule has 0 saturated carbocycles. The van der Waals surface area contributed by atoms with Gasteiger partial charge < -0.3 is 4.57 Å². The number of carbonyl (C=O) groups excluding carboxylic acids is 1. The summed E-state index contributed by atoms with van der Waals surface area (Å²) in [5.74, 6) is 0.856. The first kappa shape index (κ1) is 14.0. The van der Waals surface area contributed by atoms with Crippen LogP contribution in [0.5, 0.6) is 0 Å². The molecule has 0 unspecified atom stereocenters. The Morgan fingerprint density at radius 3 is 2.71 bits per heavy atom. The molecule has 21 heavy (non-hydrogen) atoms. The van der Waals surface area contributed by atoms with E-state index in [0.29, 0.717) is 12.0 Å². The van der Waals surface area contributed by atoms with Gasteiger partial charge in [0.25, 0.3) is 0 Å². The van der Waals surface area contributed by atoms with Crippen molar-refractivity contribution in [2.24, 2.45) is 7.05 Å². The monoisotopic (exact) mass is 342 g/mol. The highest BCUT2D eigenvalue weighted by molar-refractivity contribution is 9.10. The fourth-order valence-corrected chi connectivity index (χ4v) is 3.15. The number of halogens is 1. The lowest BCUT2D eigenvalue weighted by Crippen LogP contribution is -2.09. The van der Waals surface area contributed by atoms with Crippen molar-refractivity contribution < 1.29 is 4.79 Å². The molecule has 4 heteroatoms. The number of para-hydroxylation sites is 2. The molecule has 1 aromatic heterocycles. The molecule has 0 spiro atoms. The standard InChI is InChI=1S/C17H15BrN2O/c1-11-7-8-12(13(18)9-11)16(21)10-17-19-14-5-3-4-6-15(14)20(17)2/h3-9H,10H2,1-2H3. The molecular formula is C17H15BrN2O. The van der Waals surface area contributed by atoms with Crippen LogP contribution in [0.15, 0.2) is 46.9 Å². The van der Waals surface area contributed by atoms with Crippen molar-refractivity contribution in [2.75, 3.05) is 0 Å². The summed E-state index contributed by atoms with van der Waals surface area (Å²) in [7, 11) is 1.95. The minimum atomic E-state index is 0.0697. The van der Waals surface area contributed by atoms with Crippen LogP contribution in [0, 0.1) is 6.92 Å². The highest BCUT2D eigenvalue weighted by Gasteiger charge is 2.15. The van der Waals surface area contributed by atoms with Gasteiger partial charge >= 0.3 is 0 Å². The molecule has 0 atom stereocenters. The highest BCUT2D eigenvalue weighted by Crippen LogP contribution is 2.21. The molecule has 0 saturated heterocycles. The van der Waals surface area contributed by atoms with Crippen LogP contribution in [-0.2, 0) is 13.5 Å². The number of aryl methyl sites for hydroxylation is 2. The lowest BCUT2D eigenvalue weighted by Gasteiger charge is -2.05. The van der Waals surface area contributed by atoms with E-state index in [1.807, 2.05) is 61.0 Å². The number of Topliss-reactive ketones (excluding diaryl/α,β-unsaturated/α-hetero) is 1. The zero-order chi connectivity index (χ0) is 15.0. The maximum atomic E-state index is 12.5. The first-order valence-electron chi connectivity index (χ1n) is 6.76. The number of hydrogen-bond acceptors (Lipinski definition) is 2. The average Bonchev–Trinajstić information content (AvgIpc) is 2.76. The Balaban J connectivity index is 1.94.